The van der Waals surface area contributed by atoms with Crippen LogP contribution >= 0.6 is 0 Å². The zero-order chi connectivity index (χ0) is 20.5. The molecule has 0 fully saturated rings. The van der Waals surface area contributed by atoms with Crippen molar-refractivity contribution in [1.82, 2.24) is 15.1 Å². The molecule has 2 rings (SSSR count). The van der Waals surface area contributed by atoms with Gasteiger partial charge in [0.1, 0.15) is 0 Å². The fourth-order valence-corrected chi connectivity index (χ4v) is 2.74. The zero-order valence-electron chi connectivity index (χ0n) is 16.6. The van der Waals surface area contributed by atoms with Crippen LogP contribution in [0.5, 0.6) is 0 Å². The predicted octanol–water partition coefficient (Wildman–Crippen LogP) is 1.89. The summed E-state index contributed by atoms with van der Waals surface area (Å²) in [5.74, 6) is -1.17. The molecule has 8 heteroatoms. The van der Waals surface area contributed by atoms with Crippen LogP contribution in [0, 0.1) is 0 Å². The molecule has 0 bridgehead atoms. The largest absolute Gasteiger partial charge is 0.448 e. The molecule has 1 aromatic heterocycles. The van der Waals surface area contributed by atoms with Crippen LogP contribution in [0.2, 0.25) is 0 Å². The Labute approximate surface area is 163 Å². The van der Waals surface area contributed by atoms with Crippen LogP contribution in [0.1, 0.15) is 43.6 Å². The number of fused-ring (bicyclic) bond motifs is 1. The molecule has 1 heterocycles. The van der Waals surface area contributed by atoms with Crippen molar-refractivity contribution in [3.63, 3.8) is 0 Å². The Morgan fingerprint density at radius 1 is 1.21 bits per heavy atom. The lowest BCUT2D eigenvalue weighted by atomic mass is 10.1. The molecule has 152 valence electrons. The van der Waals surface area contributed by atoms with E-state index >= 15 is 0 Å². The first kappa shape index (κ1) is 21.6. The lowest BCUT2D eigenvalue weighted by molar-refractivity contribution is -0.129. The molecule has 1 amide bonds. The third-order valence-electron chi connectivity index (χ3n) is 4.29. The van der Waals surface area contributed by atoms with Gasteiger partial charge in [0, 0.05) is 25.6 Å². The van der Waals surface area contributed by atoms with E-state index in [0.29, 0.717) is 30.5 Å². The van der Waals surface area contributed by atoms with Gasteiger partial charge in [0.05, 0.1) is 12.0 Å². The number of aromatic nitrogens is 2. The molecule has 0 aliphatic rings. The number of rotatable bonds is 10. The maximum absolute atomic E-state index is 12.7. The van der Waals surface area contributed by atoms with Crippen LogP contribution in [0.25, 0.3) is 10.8 Å². The molecule has 0 spiro atoms. The summed E-state index contributed by atoms with van der Waals surface area (Å²) in [6.07, 6.45) is 1.76. The van der Waals surface area contributed by atoms with E-state index in [1.54, 1.807) is 24.3 Å². The monoisotopic (exact) mass is 389 g/mol. The van der Waals surface area contributed by atoms with Gasteiger partial charge in [-0.05, 0) is 19.4 Å². The number of aryl methyl sites for hydroxylation is 1. The molecule has 0 aliphatic carbocycles. The lowest BCUT2D eigenvalue weighted by Crippen LogP contribution is -2.38. The van der Waals surface area contributed by atoms with E-state index in [1.165, 1.54) is 18.7 Å². The van der Waals surface area contributed by atoms with Crippen molar-refractivity contribution in [1.29, 1.82) is 0 Å². The number of carbonyl (C=O) groups excluding carboxylic acids is 2. The van der Waals surface area contributed by atoms with Crippen LogP contribution in [-0.4, -0.2) is 48.0 Å². The molecular formula is C20H27N3O5. The fraction of sp³-hybridized carbons (Fsp3) is 0.500. The molecule has 2 aromatic rings. The predicted molar refractivity (Wildman–Crippen MR) is 105 cm³/mol. The van der Waals surface area contributed by atoms with Crippen molar-refractivity contribution >= 4 is 22.6 Å². The first-order chi connectivity index (χ1) is 13.5. The third-order valence-corrected chi connectivity index (χ3v) is 4.29. The Kier molecular flexibility index (Phi) is 8.13. The number of hydrogen-bond donors (Lipinski definition) is 1. The van der Waals surface area contributed by atoms with Gasteiger partial charge in [-0.15, -0.1) is 0 Å². The highest BCUT2D eigenvalue weighted by Crippen LogP contribution is 2.15. The minimum absolute atomic E-state index is 0.0308. The van der Waals surface area contributed by atoms with Crippen LogP contribution < -0.4 is 10.9 Å². The van der Waals surface area contributed by atoms with Crippen molar-refractivity contribution < 1.29 is 19.1 Å². The van der Waals surface area contributed by atoms with Gasteiger partial charge in [-0.3, -0.25) is 9.59 Å². The average Bonchev–Trinajstić information content (AvgIpc) is 2.69. The van der Waals surface area contributed by atoms with Crippen molar-refractivity contribution in [2.45, 2.75) is 45.8 Å². The summed E-state index contributed by atoms with van der Waals surface area (Å²) < 4.78 is 11.5. The first-order valence-corrected chi connectivity index (χ1v) is 9.47. The molecule has 1 atom stereocenters. The zero-order valence-corrected chi connectivity index (χ0v) is 16.6. The van der Waals surface area contributed by atoms with E-state index in [9.17, 15) is 14.4 Å². The highest BCUT2D eigenvalue weighted by Gasteiger charge is 2.23. The van der Waals surface area contributed by atoms with Crippen LogP contribution in [0.3, 0.4) is 0 Å². The van der Waals surface area contributed by atoms with Crippen LogP contribution in [-0.2, 0) is 20.8 Å². The van der Waals surface area contributed by atoms with Crippen LogP contribution in [0.4, 0.5) is 0 Å². The number of hydrogen-bond acceptors (Lipinski definition) is 6. The fourth-order valence-electron chi connectivity index (χ4n) is 2.74. The van der Waals surface area contributed by atoms with Gasteiger partial charge in [0.15, 0.2) is 11.8 Å². The smallest absolute Gasteiger partial charge is 0.360 e. The Balaban J connectivity index is 2.26. The third kappa shape index (κ3) is 5.39. The summed E-state index contributed by atoms with van der Waals surface area (Å²) in [5, 5.41) is 7.67. The molecule has 0 saturated heterocycles. The van der Waals surface area contributed by atoms with E-state index < -0.39 is 18.0 Å². The highest BCUT2D eigenvalue weighted by atomic mass is 16.5. The van der Waals surface area contributed by atoms with Gasteiger partial charge in [0.2, 0.25) is 0 Å². The molecule has 0 aliphatic heterocycles. The van der Waals surface area contributed by atoms with E-state index in [0.717, 1.165) is 19.3 Å². The number of nitrogens with zero attached hydrogens (tertiary/aromatic N) is 2. The van der Waals surface area contributed by atoms with Gasteiger partial charge in [-0.2, -0.15) is 5.10 Å². The molecule has 0 saturated carbocycles. The summed E-state index contributed by atoms with van der Waals surface area (Å²) in [7, 11) is 1.53. The van der Waals surface area contributed by atoms with Crippen LogP contribution in [0.15, 0.2) is 29.1 Å². The first-order valence-electron chi connectivity index (χ1n) is 9.47. The molecular weight excluding hydrogens is 362 g/mol. The SMILES string of the molecule is CCCCCn1nc(C(=O)O[C@@H](C)C(=O)NCCOC)c2ccccc2c1=O. The number of nitrogens with one attached hydrogen (secondary N) is 1. The standard InChI is InChI=1S/C20H27N3O5/c1-4-5-8-12-23-19(25)16-10-7-6-9-15(16)17(22-23)20(26)28-14(2)18(24)21-11-13-27-3/h6-7,9-10,14H,4-5,8,11-13H2,1-3H3,(H,21,24)/t14-/m0/s1. The van der Waals surface area contributed by atoms with Gasteiger partial charge in [-0.1, -0.05) is 38.0 Å². The number of ether oxygens (including phenoxy) is 2. The van der Waals surface area contributed by atoms with Gasteiger partial charge in [0.25, 0.3) is 11.5 Å². The summed E-state index contributed by atoms with van der Waals surface area (Å²) in [6, 6.07) is 6.77. The second-order valence-corrected chi connectivity index (χ2v) is 6.46. The van der Waals surface area contributed by atoms with Gasteiger partial charge < -0.3 is 14.8 Å². The quantitative estimate of drug-likeness (QED) is 0.492. The average molecular weight is 389 g/mol. The van der Waals surface area contributed by atoms with E-state index in [2.05, 4.69) is 17.3 Å². The van der Waals surface area contributed by atoms with E-state index in [4.69, 9.17) is 9.47 Å². The Morgan fingerprint density at radius 3 is 2.61 bits per heavy atom. The van der Waals surface area contributed by atoms with E-state index in [1.807, 2.05) is 0 Å². The Hall–Kier alpha value is -2.74. The minimum atomic E-state index is -0.995. The number of carbonyl (C=O) groups is 2. The summed E-state index contributed by atoms with van der Waals surface area (Å²) in [5.41, 5.74) is -0.211. The molecule has 1 N–H and O–H groups in total. The molecule has 0 radical (unpaired) electrons. The highest BCUT2D eigenvalue weighted by molar-refractivity contribution is 6.02. The topological polar surface area (TPSA) is 99.5 Å². The number of methoxy groups -OCH3 is 1. The summed E-state index contributed by atoms with van der Waals surface area (Å²) in [4.78, 5) is 37.4. The molecule has 8 nitrogen and oxygen atoms in total. The minimum Gasteiger partial charge on any atom is -0.448 e. The molecule has 0 unspecified atom stereocenters. The number of unbranched alkanes of at least 4 members (excludes halogenated alkanes) is 2. The lowest BCUT2D eigenvalue weighted by Gasteiger charge is -2.15. The van der Waals surface area contributed by atoms with Gasteiger partial charge in [-0.25, -0.2) is 9.48 Å². The van der Waals surface area contributed by atoms with Crippen molar-refractivity contribution in [3.05, 3.63) is 40.3 Å². The second-order valence-electron chi connectivity index (χ2n) is 6.46. The molecule has 28 heavy (non-hydrogen) atoms. The summed E-state index contributed by atoms with van der Waals surface area (Å²) >= 11 is 0. The summed E-state index contributed by atoms with van der Waals surface area (Å²) in [6.45, 7) is 4.66. The van der Waals surface area contributed by atoms with Crippen molar-refractivity contribution in [2.24, 2.45) is 0 Å². The number of benzene rings is 1. The maximum Gasteiger partial charge on any atom is 0.360 e. The maximum atomic E-state index is 12.7. The number of amides is 1. The normalized spacial score (nSPS) is 12.0. The number of esters is 1. The Bertz CT molecular complexity index is 878. The van der Waals surface area contributed by atoms with Gasteiger partial charge >= 0.3 is 5.97 Å². The second kappa shape index (κ2) is 10.6. The van der Waals surface area contributed by atoms with Crippen molar-refractivity contribution in [3.8, 4) is 0 Å². The molecule has 1 aromatic carbocycles. The Morgan fingerprint density at radius 2 is 1.93 bits per heavy atom. The van der Waals surface area contributed by atoms with E-state index in [-0.39, 0.29) is 11.3 Å². The van der Waals surface area contributed by atoms with Crippen molar-refractivity contribution in [2.75, 3.05) is 20.3 Å².